The quantitative estimate of drug-likeness (QED) is 0.610. The summed E-state index contributed by atoms with van der Waals surface area (Å²) in [6.45, 7) is 1.91. The zero-order valence-electron chi connectivity index (χ0n) is 11.2. The Morgan fingerprint density at radius 3 is 2.91 bits per heavy atom. The summed E-state index contributed by atoms with van der Waals surface area (Å²) in [5, 5.41) is 20.6. The van der Waals surface area contributed by atoms with E-state index in [0.29, 0.717) is 26.5 Å². The highest BCUT2D eigenvalue weighted by Crippen LogP contribution is 2.29. The second-order valence-corrected chi connectivity index (χ2v) is 6.08. The normalized spacial score (nSPS) is 11.4. The molecule has 1 N–H and O–H groups in total. The van der Waals surface area contributed by atoms with Crippen molar-refractivity contribution in [3.63, 3.8) is 0 Å². The Hall–Kier alpha value is -2.32. The molecule has 0 saturated carbocycles. The standard InChI is InChI=1S/C13H8ClFN6S/c1-6-4-10(17-16-6)12-20-21-11(18-19-13(21)22-12)8-5-7(14)2-3-9(8)15/h2-5H,1H3,(H,16,17). The molecule has 4 rings (SSSR count). The fourth-order valence-corrected chi connectivity index (χ4v) is 3.06. The minimum atomic E-state index is -0.427. The minimum absolute atomic E-state index is 0.259. The van der Waals surface area contributed by atoms with Gasteiger partial charge in [-0.25, -0.2) is 4.39 Å². The first-order chi connectivity index (χ1) is 10.6. The highest BCUT2D eigenvalue weighted by atomic mass is 35.5. The van der Waals surface area contributed by atoms with Crippen LogP contribution in [0.1, 0.15) is 5.69 Å². The van der Waals surface area contributed by atoms with E-state index >= 15 is 0 Å². The summed E-state index contributed by atoms with van der Waals surface area (Å²) in [6.07, 6.45) is 0. The number of hydrogen-bond donors (Lipinski definition) is 1. The van der Waals surface area contributed by atoms with Crippen molar-refractivity contribution in [2.24, 2.45) is 0 Å². The molecule has 0 aliphatic heterocycles. The maximum Gasteiger partial charge on any atom is 0.235 e. The summed E-state index contributed by atoms with van der Waals surface area (Å²) >= 11 is 7.26. The van der Waals surface area contributed by atoms with Gasteiger partial charge < -0.3 is 0 Å². The van der Waals surface area contributed by atoms with E-state index < -0.39 is 5.82 Å². The maximum atomic E-state index is 14.0. The molecular weight excluding hydrogens is 327 g/mol. The number of nitrogens with one attached hydrogen (secondary N) is 1. The van der Waals surface area contributed by atoms with Crippen molar-refractivity contribution >= 4 is 27.9 Å². The Labute approximate surface area is 132 Å². The summed E-state index contributed by atoms with van der Waals surface area (Å²) in [7, 11) is 0. The number of hydrogen-bond acceptors (Lipinski definition) is 5. The summed E-state index contributed by atoms with van der Waals surface area (Å²) in [5.74, 6) is -0.117. The molecular formula is C13H8ClFN6S. The average Bonchev–Trinajstić information content (AvgIpc) is 3.16. The molecule has 0 unspecified atom stereocenters. The number of aromatic amines is 1. The van der Waals surface area contributed by atoms with Crippen molar-refractivity contribution in [1.29, 1.82) is 0 Å². The van der Waals surface area contributed by atoms with Gasteiger partial charge in [0.2, 0.25) is 4.96 Å². The van der Waals surface area contributed by atoms with Gasteiger partial charge >= 0.3 is 0 Å². The lowest BCUT2D eigenvalue weighted by Crippen LogP contribution is -1.94. The lowest BCUT2D eigenvalue weighted by molar-refractivity contribution is 0.629. The van der Waals surface area contributed by atoms with Gasteiger partial charge in [0.25, 0.3) is 0 Å². The molecule has 0 atom stereocenters. The van der Waals surface area contributed by atoms with E-state index in [-0.39, 0.29) is 5.56 Å². The third kappa shape index (κ3) is 2.08. The van der Waals surface area contributed by atoms with Gasteiger partial charge in [-0.2, -0.15) is 14.7 Å². The molecule has 110 valence electrons. The molecule has 0 fully saturated rings. The van der Waals surface area contributed by atoms with Crippen LogP contribution in [0.25, 0.3) is 27.1 Å². The maximum absolute atomic E-state index is 14.0. The number of fused-ring (bicyclic) bond motifs is 1. The Morgan fingerprint density at radius 1 is 1.27 bits per heavy atom. The molecule has 0 spiro atoms. The van der Waals surface area contributed by atoms with Crippen molar-refractivity contribution in [1.82, 2.24) is 30.0 Å². The Bertz CT molecular complexity index is 988. The van der Waals surface area contributed by atoms with Gasteiger partial charge in [-0.1, -0.05) is 22.9 Å². The molecule has 22 heavy (non-hydrogen) atoms. The van der Waals surface area contributed by atoms with Gasteiger partial charge in [-0.3, -0.25) is 5.10 Å². The van der Waals surface area contributed by atoms with E-state index in [2.05, 4.69) is 25.5 Å². The van der Waals surface area contributed by atoms with Crippen LogP contribution < -0.4 is 0 Å². The first-order valence-corrected chi connectivity index (χ1v) is 7.51. The third-order valence-electron chi connectivity index (χ3n) is 3.09. The molecule has 6 nitrogen and oxygen atoms in total. The van der Waals surface area contributed by atoms with Gasteiger partial charge in [0.1, 0.15) is 11.5 Å². The fraction of sp³-hybridized carbons (Fsp3) is 0.0769. The lowest BCUT2D eigenvalue weighted by atomic mass is 10.2. The molecule has 0 saturated heterocycles. The van der Waals surface area contributed by atoms with E-state index in [1.165, 1.54) is 34.1 Å². The summed E-state index contributed by atoms with van der Waals surface area (Å²) < 4.78 is 15.5. The van der Waals surface area contributed by atoms with E-state index in [1.54, 1.807) is 0 Å². The van der Waals surface area contributed by atoms with Gasteiger partial charge in [0.05, 0.1) is 5.56 Å². The monoisotopic (exact) mass is 334 g/mol. The average molecular weight is 335 g/mol. The lowest BCUT2D eigenvalue weighted by Gasteiger charge is -1.99. The molecule has 0 amide bonds. The number of rotatable bonds is 2. The van der Waals surface area contributed by atoms with Crippen molar-refractivity contribution in [2.75, 3.05) is 0 Å². The van der Waals surface area contributed by atoms with Crippen LogP contribution >= 0.6 is 22.9 Å². The molecule has 0 aliphatic rings. The Morgan fingerprint density at radius 2 is 2.14 bits per heavy atom. The highest BCUT2D eigenvalue weighted by molar-refractivity contribution is 7.19. The summed E-state index contributed by atoms with van der Waals surface area (Å²) in [6, 6.07) is 6.16. The van der Waals surface area contributed by atoms with Crippen molar-refractivity contribution in [2.45, 2.75) is 6.92 Å². The minimum Gasteiger partial charge on any atom is -0.282 e. The zero-order chi connectivity index (χ0) is 15.3. The third-order valence-corrected chi connectivity index (χ3v) is 4.24. The van der Waals surface area contributed by atoms with Crippen LogP contribution in [0.3, 0.4) is 0 Å². The first-order valence-electron chi connectivity index (χ1n) is 6.32. The van der Waals surface area contributed by atoms with Gasteiger partial charge in [0, 0.05) is 10.7 Å². The molecule has 9 heteroatoms. The molecule has 3 heterocycles. The predicted molar refractivity (Wildman–Crippen MR) is 81.4 cm³/mol. The second kappa shape index (κ2) is 4.85. The smallest absolute Gasteiger partial charge is 0.235 e. The summed E-state index contributed by atoms with van der Waals surface area (Å²) in [5.41, 5.74) is 1.91. The number of benzene rings is 1. The number of aryl methyl sites for hydroxylation is 1. The highest BCUT2D eigenvalue weighted by Gasteiger charge is 2.18. The summed E-state index contributed by atoms with van der Waals surface area (Å²) in [4.78, 5) is 0.560. The predicted octanol–water partition coefficient (Wildman–Crippen LogP) is 3.34. The number of H-pyrrole nitrogens is 1. The second-order valence-electron chi connectivity index (χ2n) is 4.69. The largest absolute Gasteiger partial charge is 0.282 e. The van der Waals surface area contributed by atoms with E-state index in [0.717, 1.165) is 5.69 Å². The van der Waals surface area contributed by atoms with Crippen molar-refractivity contribution in [3.8, 4) is 22.1 Å². The zero-order valence-corrected chi connectivity index (χ0v) is 12.8. The molecule has 3 aromatic heterocycles. The Balaban J connectivity index is 1.89. The first kappa shape index (κ1) is 13.4. The van der Waals surface area contributed by atoms with E-state index in [9.17, 15) is 4.39 Å². The van der Waals surface area contributed by atoms with Crippen LogP contribution in [0, 0.1) is 12.7 Å². The number of nitrogens with zero attached hydrogens (tertiary/aromatic N) is 5. The van der Waals surface area contributed by atoms with E-state index in [4.69, 9.17) is 11.6 Å². The van der Waals surface area contributed by atoms with Crippen LogP contribution in [0.4, 0.5) is 4.39 Å². The van der Waals surface area contributed by atoms with E-state index in [1.807, 2.05) is 13.0 Å². The molecule has 1 aromatic carbocycles. The molecule has 0 aliphatic carbocycles. The van der Waals surface area contributed by atoms with Crippen LogP contribution in [-0.4, -0.2) is 30.0 Å². The number of aromatic nitrogens is 6. The van der Waals surface area contributed by atoms with Gasteiger partial charge in [-0.05, 0) is 31.2 Å². The van der Waals surface area contributed by atoms with Crippen LogP contribution in [0.2, 0.25) is 5.02 Å². The van der Waals surface area contributed by atoms with Gasteiger partial charge in [0.15, 0.2) is 10.8 Å². The van der Waals surface area contributed by atoms with Crippen molar-refractivity contribution < 1.29 is 4.39 Å². The van der Waals surface area contributed by atoms with Crippen molar-refractivity contribution in [3.05, 3.63) is 40.8 Å². The topological polar surface area (TPSA) is 71.8 Å². The fourth-order valence-electron chi connectivity index (χ4n) is 2.08. The molecule has 4 aromatic rings. The van der Waals surface area contributed by atoms with Gasteiger partial charge in [-0.15, -0.1) is 10.2 Å². The van der Waals surface area contributed by atoms with Crippen LogP contribution in [0.5, 0.6) is 0 Å². The Kier molecular flexibility index (Phi) is 2.95. The molecule has 0 bridgehead atoms. The van der Waals surface area contributed by atoms with Crippen LogP contribution in [0.15, 0.2) is 24.3 Å². The number of halogens is 2. The molecule has 0 radical (unpaired) electrons. The SMILES string of the molecule is Cc1cc(-c2nn3c(-c4cc(Cl)ccc4F)nnc3s2)n[nH]1. The van der Waals surface area contributed by atoms with Crippen LogP contribution in [-0.2, 0) is 0 Å².